The van der Waals surface area contributed by atoms with Crippen molar-refractivity contribution in [2.75, 3.05) is 0 Å². The maximum Gasteiger partial charge on any atom is 0.0642 e. The van der Waals surface area contributed by atoms with Crippen LogP contribution in [0.15, 0.2) is 16.6 Å². The van der Waals surface area contributed by atoms with Crippen LogP contribution in [0.3, 0.4) is 0 Å². The van der Waals surface area contributed by atoms with Crippen LogP contribution < -0.4 is 0 Å². The molecule has 1 aromatic rings. The summed E-state index contributed by atoms with van der Waals surface area (Å²) < 4.78 is 0.813. The zero-order valence-electron chi connectivity index (χ0n) is 4.29. The molecule has 3 heteroatoms. The Morgan fingerprint density at radius 3 is 2.44 bits per heavy atom. The zero-order chi connectivity index (χ0) is 6.85. The molecule has 0 amide bonds. The molecule has 0 fully saturated rings. The molecule has 0 nitrogen and oxygen atoms in total. The number of benzene rings is 1. The van der Waals surface area contributed by atoms with E-state index in [4.69, 9.17) is 23.2 Å². The number of halogens is 3. The van der Waals surface area contributed by atoms with Crippen LogP contribution >= 0.6 is 39.1 Å². The second-order valence-electron chi connectivity index (χ2n) is 1.47. The molecule has 1 radical (unpaired) electrons. The number of hydrogen-bond donors (Lipinski definition) is 0. The minimum Gasteiger partial charge on any atom is -0.0836 e. The maximum absolute atomic E-state index is 5.63. The Morgan fingerprint density at radius 1 is 1.33 bits per heavy atom. The average molecular weight is 225 g/mol. The van der Waals surface area contributed by atoms with Gasteiger partial charge in [0.15, 0.2) is 0 Å². The molecule has 1 aromatic carbocycles. The highest BCUT2D eigenvalue weighted by Crippen LogP contribution is 2.24. The number of rotatable bonds is 0. The molecule has 0 atom stereocenters. The van der Waals surface area contributed by atoms with Crippen molar-refractivity contribution >= 4 is 39.1 Å². The smallest absolute Gasteiger partial charge is 0.0642 e. The highest BCUT2D eigenvalue weighted by molar-refractivity contribution is 9.10. The molecular formula is C6H2BrCl2. The van der Waals surface area contributed by atoms with Crippen molar-refractivity contribution in [3.05, 3.63) is 32.7 Å². The standard InChI is InChI=1S/C6H2BrCl2/c7-5-2-1-4(8)3-6(5)9/h1-2H. The van der Waals surface area contributed by atoms with E-state index in [9.17, 15) is 0 Å². The highest BCUT2D eigenvalue weighted by atomic mass is 79.9. The van der Waals surface area contributed by atoms with Crippen molar-refractivity contribution in [1.29, 1.82) is 0 Å². The first-order valence-electron chi connectivity index (χ1n) is 2.23. The molecule has 47 valence electrons. The van der Waals surface area contributed by atoms with Gasteiger partial charge in [-0.25, -0.2) is 0 Å². The molecule has 0 aliphatic carbocycles. The lowest BCUT2D eigenvalue weighted by Crippen LogP contribution is -1.67. The van der Waals surface area contributed by atoms with Crippen LogP contribution in [-0.4, -0.2) is 0 Å². The second-order valence-corrected chi connectivity index (χ2v) is 3.11. The van der Waals surface area contributed by atoms with Gasteiger partial charge in [-0.2, -0.15) is 0 Å². The molecule has 0 bridgehead atoms. The first-order chi connectivity index (χ1) is 4.20. The molecular weight excluding hydrogens is 223 g/mol. The van der Waals surface area contributed by atoms with E-state index in [1.807, 2.05) is 0 Å². The van der Waals surface area contributed by atoms with Gasteiger partial charge < -0.3 is 0 Å². The Bertz CT molecular complexity index is 222. The predicted molar refractivity (Wildman–Crippen MR) is 43.0 cm³/mol. The quantitative estimate of drug-likeness (QED) is 0.592. The van der Waals surface area contributed by atoms with E-state index in [2.05, 4.69) is 22.0 Å². The van der Waals surface area contributed by atoms with Crippen LogP contribution in [-0.2, 0) is 0 Å². The van der Waals surface area contributed by atoms with Crippen LogP contribution in [0.1, 0.15) is 0 Å². The summed E-state index contributed by atoms with van der Waals surface area (Å²) >= 11 is 14.4. The van der Waals surface area contributed by atoms with Crippen molar-refractivity contribution in [3.63, 3.8) is 0 Å². The molecule has 9 heavy (non-hydrogen) atoms. The normalized spacial score (nSPS) is 9.67. The summed E-state index contributed by atoms with van der Waals surface area (Å²) in [5.74, 6) is 0. The average Bonchev–Trinajstić information content (AvgIpc) is 1.80. The summed E-state index contributed by atoms with van der Waals surface area (Å²) in [6.07, 6.45) is 0. The molecule has 1 rings (SSSR count). The van der Waals surface area contributed by atoms with Gasteiger partial charge >= 0.3 is 0 Å². The van der Waals surface area contributed by atoms with Crippen LogP contribution in [0.5, 0.6) is 0 Å². The van der Waals surface area contributed by atoms with Gasteiger partial charge in [0.1, 0.15) is 0 Å². The molecule has 0 saturated heterocycles. The summed E-state index contributed by atoms with van der Waals surface area (Å²) in [4.78, 5) is 0. The van der Waals surface area contributed by atoms with E-state index in [1.54, 1.807) is 12.1 Å². The van der Waals surface area contributed by atoms with E-state index in [0.717, 1.165) is 4.47 Å². The van der Waals surface area contributed by atoms with Gasteiger partial charge in [0.25, 0.3) is 0 Å². The summed E-state index contributed by atoms with van der Waals surface area (Å²) in [6.45, 7) is 0. The summed E-state index contributed by atoms with van der Waals surface area (Å²) in [6, 6.07) is 6.22. The summed E-state index contributed by atoms with van der Waals surface area (Å²) in [5, 5.41) is 1.05. The van der Waals surface area contributed by atoms with Gasteiger partial charge in [0.05, 0.1) is 10.0 Å². The van der Waals surface area contributed by atoms with Crippen LogP contribution in [0.25, 0.3) is 0 Å². The Labute approximate surface area is 71.9 Å². The van der Waals surface area contributed by atoms with Crippen LogP contribution in [0.4, 0.5) is 0 Å². The highest BCUT2D eigenvalue weighted by Gasteiger charge is 1.95. The minimum absolute atomic E-state index is 0.516. The van der Waals surface area contributed by atoms with Gasteiger partial charge in [-0.1, -0.05) is 23.2 Å². The number of hydrogen-bond acceptors (Lipinski definition) is 0. The van der Waals surface area contributed by atoms with Crippen molar-refractivity contribution in [3.8, 4) is 0 Å². The first-order valence-corrected chi connectivity index (χ1v) is 3.78. The van der Waals surface area contributed by atoms with Gasteiger partial charge in [0.2, 0.25) is 0 Å². The minimum atomic E-state index is 0.516. The van der Waals surface area contributed by atoms with Gasteiger partial charge in [-0.15, -0.1) is 0 Å². The molecule has 0 aliphatic heterocycles. The third-order valence-corrected chi connectivity index (χ3v) is 2.22. The second kappa shape index (κ2) is 2.91. The molecule has 0 saturated carbocycles. The monoisotopic (exact) mass is 223 g/mol. The molecule has 0 unspecified atom stereocenters. The SMILES string of the molecule is Clc1[c]c(Cl)c(Br)cc1. The van der Waals surface area contributed by atoms with Gasteiger partial charge in [0, 0.05) is 10.5 Å². The third kappa shape index (κ3) is 1.85. The molecule has 0 N–H and O–H groups in total. The van der Waals surface area contributed by atoms with Crippen LogP contribution in [0.2, 0.25) is 10.0 Å². The first kappa shape index (κ1) is 7.39. The molecule has 0 aromatic heterocycles. The van der Waals surface area contributed by atoms with Crippen molar-refractivity contribution in [1.82, 2.24) is 0 Å². The van der Waals surface area contributed by atoms with E-state index < -0.39 is 0 Å². The lowest BCUT2D eigenvalue weighted by molar-refractivity contribution is 1.63. The largest absolute Gasteiger partial charge is 0.0836 e. The summed E-state index contributed by atoms with van der Waals surface area (Å²) in [5.41, 5.74) is 0. The molecule has 0 spiro atoms. The van der Waals surface area contributed by atoms with Gasteiger partial charge in [-0.05, 0) is 28.1 Å². The van der Waals surface area contributed by atoms with E-state index >= 15 is 0 Å². The van der Waals surface area contributed by atoms with Crippen molar-refractivity contribution < 1.29 is 0 Å². The Balaban J connectivity index is 3.17. The fourth-order valence-corrected chi connectivity index (χ4v) is 1.03. The maximum atomic E-state index is 5.63. The lowest BCUT2D eigenvalue weighted by atomic mass is 10.4. The third-order valence-electron chi connectivity index (χ3n) is 0.815. The summed E-state index contributed by atoms with van der Waals surface area (Å²) in [7, 11) is 0. The fraction of sp³-hybridized carbons (Fsp3) is 0. The van der Waals surface area contributed by atoms with Crippen LogP contribution in [0, 0.1) is 6.07 Å². The Kier molecular flexibility index (Phi) is 2.39. The fourth-order valence-electron chi connectivity index (χ4n) is 0.426. The predicted octanol–water partition coefficient (Wildman–Crippen LogP) is 3.56. The Morgan fingerprint density at radius 2 is 2.00 bits per heavy atom. The van der Waals surface area contributed by atoms with E-state index in [0.29, 0.717) is 10.0 Å². The molecule has 0 aliphatic rings. The van der Waals surface area contributed by atoms with Gasteiger partial charge in [-0.3, -0.25) is 0 Å². The topological polar surface area (TPSA) is 0 Å². The molecule has 0 heterocycles. The Hall–Kier alpha value is 0.280. The van der Waals surface area contributed by atoms with Crippen molar-refractivity contribution in [2.24, 2.45) is 0 Å². The van der Waals surface area contributed by atoms with Crippen molar-refractivity contribution in [2.45, 2.75) is 0 Å². The lowest BCUT2D eigenvalue weighted by Gasteiger charge is -1.92. The van der Waals surface area contributed by atoms with E-state index in [1.165, 1.54) is 0 Å². The van der Waals surface area contributed by atoms with E-state index in [-0.39, 0.29) is 0 Å². The zero-order valence-corrected chi connectivity index (χ0v) is 7.39.